The minimum Gasteiger partial charge on any atom is -0.321 e. The number of nitrogens with one attached hydrogen (secondary N) is 1. The maximum atomic E-state index is 12.6. The second-order valence-electron chi connectivity index (χ2n) is 7.40. The predicted molar refractivity (Wildman–Crippen MR) is 112 cm³/mol. The highest BCUT2D eigenvalue weighted by molar-refractivity contribution is 9.10. The Morgan fingerprint density at radius 3 is 2.73 bits per heavy atom. The van der Waals surface area contributed by atoms with Gasteiger partial charge in [0, 0.05) is 28.5 Å². The number of hydrogen-bond donors (Lipinski definition) is 1. The van der Waals surface area contributed by atoms with Gasteiger partial charge in [-0.2, -0.15) is 0 Å². The zero-order chi connectivity index (χ0) is 18.2. The van der Waals surface area contributed by atoms with Gasteiger partial charge in [0.05, 0.1) is 17.6 Å². The van der Waals surface area contributed by atoms with Gasteiger partial charge in [0.2, 0.25) is 0 Å². The zero-order valence-corrected chi connectivity index (χ0v) is 18.0. The van der Waals surface area contributed by atoms with Gasteiger partial charge in [-0.3, -0.25) is 9.78 Å². The number of rotatable bonds is 3. The van der Waals surface area contributed by atoms with Crippen LogP contribution in [0.25, 0.3) is 0 Å². The monoisotopic (exact) mass is 437 g/mol. The lowest BCUT2D eigenvalue weighted by Crippen LogP contribution is -2.40. The summed E-state index contributed by atoms with van der Waals surface area (Å²) in [5, 5.41) is 2.97. The van der Waals surface area contributed by atoms with Crippen LogP contribution in [0.3, 0.4) is 0 Å². The molecular formula is C20H25BrClN3O. The van der Waals surface area contributed by atoms with Gasteiger partial charge in [0.1, 0.15) is 0 Å². The van der Waals surface area contributed by atoms with Gasteiger partial charge in [-0.05, 0) is 42.8 Å². The van der Waals surface area contributed by atoms with Crippen molar-refractivity contribution >= 4 is 39.9 Å². The van der Waals surface area contributed by atoms with Crippen LogP contribution in [0.1, 0.15) is 48.0 Å². The molecule has 4 nitrogen and oxygen atoms in total. The highest BCUT2D eigenvalue weighted by Gasteiger charge is 2.31. The Balaban J connectivity index is 0.00000243. The van der Waals surface area contributed by atoms with Gasteiger partial charge in [-0.15, -0.1) is 12.4 Å². The number of nitrogens with zero attached hydrogens (tertiary/aromatic N) is 2. The minimum absolute atomic E-state index is 0. The molecule has 2 heterocycles. The van der Waals surface area contributed by atoms with E-state index in [1.807, 2.05) is 24.3 Å². The van der Waals surface area contributed by atoms with Crippen molar-refractivity contribution in [3.63, 3.8) is 0 Å². The van der Waals surface area contributed by atoms with Crippen LogP contribution >= 0.6 is 28.3 Å². The number of anilines is 1. The molecule has 1 aliphatic heterocycles. The van der Waals surface area contributed by atoms with Crippen LogP contribution in [0.2, 0.25) is 0 Å². The predicted octanol–water partition coefficient (Wildman–Crippen LogP) is 4.80. The summed E-state index contributed by atoms with van der Waals surface area (Å²) in [5.74, 6) is -0.117. The summed E-state index contributed by atoms with van der Waals surface area (Å²) < 4.78 is 0.967. The summed E-state index contributed by atoms with van der Waals surface area (Å²) in [6.45, 7) is 8.35. The van der Waals surface area contributed by atoms with Crippen LogP contribution in [-0.4, -0.2) is 29.4 Å². The third kappa shape index (κ3) is 4.27. The summed E-state index contributed by atoms with van der Waals surface area (Å²) in [7, 11) is 2.11. The van der Waals surface area contributed by atoms with E-state index in [-0.39, 0.29) is 23.7 Å². The Hall–Kier alpha value is -1.43. The lowest BCUT2D eigenvalue weighted by atomic mass is 9.82. The summed E-state index contributed by atoms with van der Waals surface area (Å²) in [6.07, 6.45) is 2.69. The van der Waals surface area contributed by atoms with E-state index in [2.05, 4.69) is 58.9 Å². The molecule has 0 saturated heterocycles. The molecule has 26 heavy (non-hydrogen) atoms. The number of likely N-dealkylation sites (N-methyl/N-ethyl adjacent to an activating group) is 1. The van der Waals surface area contributed by atoms with Gasteiger partial charge < -0.3 is 10.2 Å². The molecule has 0 aliphatic carbocycles. The number of amides is 1. The largest absolute Gasteiger partial charge is 0.321 e. The van der Waals surface area contributed by atoms with E-state index < -0.39 is 0 Å². The number of pyridine rings is 1. The van der Waals surface area contributed by atoms with E-state index in [4.69, 9.17) is 0 Å². The molecule has 1 aliphatic rings. The van der Waals surface area contributed by atoms with Crippen molar-refractivity contribution in [2.45, 2.75) is 39.2 Å². The fraction of sp³-hybridized carbons (Fsp3) is 0.400. The van der Waals surface area contributed by atoms with Crippen LogP contribution in [0.5, 0.6) is 0 Å². The lowest BCUT2D eigenvalue weighted by Gasteiger charge is -2.37. The molecule has 0 fully saturated rings. The fourth-order valence-electron chi connectivity index (χ4n) is 3.58. The molecule has 0 atom stereocenters. The van der Waals surface area contributed by atoms with E-state index in [1.165, 1.54) is 11.1 Å². The lowest BCUT2D eigenvalue weighted by molar-refractivity contribution is 0.102. The van der Waals surface area contributed by atoms with Crippen molar-refractivity contribution in [2.75, 3.05) is 18.9 Å². The summed E-state index contributed by atoms with van der Waals surface area (Å²) in [6, 6.07) is 7.77. The van der Waals surface area contributed by atoms with E-state index >= 15 is 0 Å². The summed E-state index contributed by atoms with van der Waals surface area (Å²) in [5.41, 5.74) is 4.89. The van der Waals surface area contributed by atoms with Gasteiger partial charge in [-0.25, -0.2) is 0 Å². The summed E-state index contributed by atoms with van der Waals surface area (Å²) in [4.78, 5) is 19.5. The Labute approximate surface area is 169 Å². The number of halogens is 2. The van der Waals surface area contributed by atoms with Crippen LogP contribution in [0, 0.1) is 0 Å². The maximum Gasteiger partial charge on any atom is 0.255 e. The van der Waals surface area contributed by atoms with Gasteiger partial charge >= 0.3 is 0 Å². The van der Waals surface area contributed by atoms with Gasteiger partial charge in [-0.1, -0.05) is 42.8 Å². The molecule has 3 rings (SSSR count). The fourth-order valence-corrected chi connectivity index (χ4v) is 4.24. The smallest absolute Gasteiger partial charge is 0.255 e. The first-order chi connectivity index (χ1) is 11.8. The number of aromatic nitrogens is 1. The van der Waals surface area contributed by atoms with Crippen molar-refractivity contribution < 1.29 is 4.79 Å². The number of carbonyl (C=O) groups excluding carboxylic acids is 1. The van der Waals surface area contributed by atoms with Gasteiger partial charge in [0.15, 0.2) is 0 Å². The molecule has 0 bridgehead atoms. The number of benzene rings is 1. The molecule has 0 unspecified atom stereocenters. The highest BCUT2D eigenvalue weighted by Crippen LogP contribution is 2.32. The maximum absolute atomic E-state index is 12.6. The standard InChI is InChI=1S/C20H24BrN3O.ClH/c1-5-13-6-7-14(9-17(13)21)19(25)23-16-8-15-11-24(4)12-20(2,3)18(15)22-10-16;/h6-10H,5,11-12H2,1-4H3,(H,23,25);1H. The SMILES string of the molecule is CCc1ccc(C(=O)Nc2cnc3c(c2)CN(C)CC3(C)C)cc1Br.Cl. The Morgan fingerprint density at radius 1 is 1.35 bits per heavy atom. The number of carbonyl (C=O) groups is 1. The molecule has 140 valence electrons. The van der Waals surface area contributed by atoms with Crippen LogP contribution in [-0.2, 0) is 18.4 Å². The first-order valence-corrected chi connectivity index (χ1v) is 9.37. The highest BCUT2D eigenvalue weighted by atomic mass is 79.9. The second kappa shape index (κ2) is 8.07. The molecule has 0 saturated carbocycles. The molecule has 6 heteroatoms. The first-order valence-electron chi connectivity index (χ1n) is 8.58. The van der Waals surface area contributed by atoms with Crippen molar-refractivity contribution in [1.82, 2.24) is 9.88 Å². The third-order valence-electron chi connectivity index (χ3n) is 4.67. The van der Waals surface area contributed by atoms with Gasteiger partial charge in [0.25, 0.3) is 5.91 Å². The number of aryl methyl sites for hydroxylation is 1. The molecule has 1 aromatic heterocycles. The molecule has 2 aromatic rings. The van der Waals surface area contributed by atoms with Crippen molar-refractivity contribution in [3.05, 3.63) is 57.3 Å². The van der Waals surface area contributed by atoms with Crippen LogP contribution < -0.4 is 5.32 Å². The Bertz CT molecular complexity index is 823. The Morgan fingerprint density at radius 2 is 2.08 bits per heavy atom. The van der Waals surface area contributed by atoms with Crippen LogP contribution in [0.4, 0.5) is 5.69 Å². The minimum atomic E-state index is -0.117. The second-order valence-corrected chi connectivity index (χ2v) is 8.26. The van der Waals surface area contributed by atoms with Crippen molar-refractivity contribution in [3.8, 4) is 0 Å². The normalized spacial score (nSPS) is 15.7. The summed E-state index contributed by atoms with van der Waals surface area (Å²) >= 11 is 3.53. The third-order valence-corrected chi connectivity index (χ3v) is 5.41. The zero-order valence-electron chi connectivity index (χ0n) is 15.6. The van der Waals surface area contributed by atoms with E-state index in [1.54, 1.807) is 6.20 Å². The molecule has 1 N–H and O–H groups in total. The first kappa shape index (κ1) is 20.9. The molecule has 0 spiro atoms. The van der Waals surface area contributed by atoms with Crippen LogP contribution in [0.15, 0.2) is 34.9 Å². The molecule has 1 aromatic carbocycles. The molecule has 1 amide bonds. The Kier molecular flexibility index (Phi) is 6.48. The van der Waals surface area contributed by atoms with E-state index in [0.717, 1.165) is 35.4 Å². The average Bonchev–Trinajstić information content (AvgIpc) is 2.53. The average molecular weight is 439 g/mol. The van der Waals surface area contributed by atoms with E-state index in [0.29, 0.717) is 5.56 Å². The topological polar surface area (TPSA) is 45.2 Å². The number of fused-ring (bicyclic) bond motifs is 1. The van der Waals surface area contributed by atoms with Crippen molar-refractivity contribution in [1.29, 1.82) is 0 Å². The molecule has 0 radical (unpaired) electrons. The number of hydrogen-bond acceptors (Lipinski definition) is 3. The quantitative estimate of drug-likeness (QED) is 0.748. The molecular weight excluding hydrogens is 414 g/mol. The van der Waals surface area contributed by atoms with E-state index in [9.17, 15) is 4.79 Å². The van der Waals surface area contributed by atoms with Crippen molar-refractivity contribution in [2.24, 2.45) is 0 Å².